The first kappa shape index (κ1) is 17.8. The lowest BCUT2D eigenvalue weighted by Gasteiger charge is -2.34. The maximum atomic E-state index is 12.5. The maximum absolute atomic E-state index is 12.5. The van der Waals surface area contributed by atoms with Crippen molar-refractivity contribution in [2.24, 2.45) is 0 Å². The van der Waals surface area contributed by atoms with Crippen LogP contribution in [0.5, 0.6) is 0 Å². The van der Waals surface area contributed by atoms with Gasteiger partial charge in [0.15, 0.2) is 5.82 Å². The number of aryl methyl sites for hydroxylation is 2. The fraction of sp³-hybridized carbons (Fsp3) is 0.471. The van der Waals surface area contributed by atoms with Crippen molar-refractivity contribution >= 4 is 11.8 Å². The minimum atomic E-state index is -0.342. The Hall–Kier alpha value is -2.97. The van der Waals surface area contributed by atoms with Gasteiger partial charge in [0.1, 0.15) is 6.54 Å². The van der Waals surface area contributed by atoms with Crippen molar-refractivity contribution in [3.8, 4) is 5.82 Å². The molecule has 1 saturated heterocycles. The van der Waals surface area contributed by atoms with Crippen molar-refractivity contribution < 1.29 is 9.59 Å². The van der Waals surface area contributed by atoms with Crippen LogP contribution in [0.1, 0.15) is 18.3 Å². The van der Waals surface area contributed by atoms with Gasteiger partial charge < -0.3 is 9.80 Å². The summed E-state index contributed by atoms with van der Waals surface area (Å²) in [6, 6.07) is 4.89. The Balaban J connectivity index is 1.75. The van der Waals surface area contributed by atoms with Gasteiger partial charge in [-0.15, -0.1) is 5.10 Å². The molecule has 0 radical (unpaired) electrons. The highest BCUT2D eigenvalue weighted by atomic mass is 16.2. The highest BCUT2D eigenvalue weighted by molar-refractivity contribution is 5.77. The number of amides is 2. The number of piperazine rings is 1. The summed E-state index contributed by atoms with van der Waals surface area (Å²) in [5.74, 6) is 0.310. The molecule has 2 aromatic rings. The van der Waals surface area contributed by atoms with E-state index in [-0.39, 0.29) is 23.9 Å². The van der Waals surface area contributed by atoms with Crippen molar-refractivity contribution in [1.82, 2.24) is 29.4 Å². The molecule has 2 aromatic heterocycles. The normalized spacial score (nSPS) is 14.6. The Morgan fingerprint density at radius 3 is 2.27 bits per heavy atom. The smallest absolute Gasteiger partial charge is 0.267 e. The average molecular weight is 358 g/mol. The summed E-state index contributed by atoms with van der Waals surface area (Å²) in [6.07, 6.45) is 0. The van der Waals surface area contributed by atoms with Crippen LogP contribution in [0.25, 0.3) is 5.82 Å². The number of rotatable bonds is 3. The number of nitrogens with zero attached hydrogens (tertiary/aromatic N) is 6. The lowest BCUT2D eigenvalue weighted by Crippen LogP contribution is -2.51. The van der Waals surface area contributed by atoms with E-state index in [0.717, 1.165) is 16.1 Å². The van der Waals surface area contributed by atoms with Crippen LogP contribution in [-0.2, 0) is 16.1 Å². The predicted molar refractivity (Wildman–Crippen MR) is 93.9 cm³/mol. The highest BCUT2D eigenvalue weighted by Gasteiger charge is 2.23. The van der Waals surface area contributed by atoms with E-state index < -0.39 is 0 Å². The second kappa shape index (κ2) is 7.11. The first-order valence-corrected chi connectivity index (χ1v) is 8.50. The summed E-state index contributed by atoms with van der Waals surface area (Å²) in [4.78, 5) is 39.3. The minimum Gasteiger partial charge on any atom is -0.339 e. The molecule has 9 heteroatoms. The zero-order valence-corrected chi connectivity index (χ0v) is 15.2. The number of carbonyl (C=O) groups excluding carboxylic acids is 2. The summed E-state index contributed by atoms with van der Waals surface area (Å²) in [5, 5.41) is 8.64. The Bertz CT molecular complexity index is 892. The Kier molecular flexibility index (Phi) is 4.88. The molecule has 1 aliphatic heterocycles. The fourth-order valence-corrected chi connectivity index (χ4v) is 3.02. The summed E-state index contributed by atoms with van der Waals surface area (Å²) in [7, 11) is 0. The molecule has 2 amide bonds. The lowest BCUT2D eigenvalue weighted by molar-refractivity contribution is -0.139. The first-order valence-electron chi connectivity index (χ1n) is 8.50. The van der Waals surface area contributed by atoms with Crippen LogP contribution >= 0.6 is 0 Å². The molecule has 0 bridgehead atoms. The van der Waals surface area contributed by atoms with Crippen LogP contribution in [0, 0.1) is 13.8 Å². The van der Waals surface area contributed by atoms with Crippen LogP contribution in [0.15, 0.2) is 23.0 Å². The maximum Gasteiger partial charge on any atom is 0.267 e. The molecular weight excluding hydrogens is 336 g/mol. The summed E-state index contributed by atoms with van der Waals surface area (Å²) in [5.41, 5.74) is 1.40. The number of hydrogen-bond donors (Lipinski definition) is 0. The van der Waals surface area contributed by atoms with Gasteiger partial charge in [-0.05, 0) is 26.0 Å². The molecule has 9 nitrogen and oxygen atoms in total. The van der Waals surface area contributed by atoms with Crippen molar-refractivity contribution in [2.45, 2.75) is 27.3 Å². The number of aromatic nitrogens is 4. The molecule has 1 fully saturated rings. The fourth-order valence-electron chi connectivity index (χ4n) is 3.02. The number of carbonyl (C=O) groups is 2. The molecule has 0 atom stereocenters. The van der Waals surface area contributed by atoms with Crippen molar-refractivity contribution in [2.75, 3.05) is 26.2 Å². The van der Waals surface area contributed by atoms with E-state index in [1.165, 1.54) is 13.0 Å². The molecule has 26 heavy (non-hydrogen) atoms. The number of hydrogen-bond acceptors (Lipinski definition) is 5. The third-order valence-electron chi connectivity index (χ3n) is 4.44. The molecule has 0 N–H and O–H groups in total. The molecular formula is C17H22N6O3. The van der Waals surface area contributed by atoms with E-state index in [1.54, 1.807) is 20.5 Å². The van der Waals surface area contributed by atoms with Crippen molar-refractivity contribution in [3.05, 3.63) is 39.9 Å². The summed E-state index contributed by atoms with van der Waals surface area (Å²) in [6.45, 7) is 7.11. The first-order chi connectivity index (χ1) is 12.3. The Morgan fingerprint density at radius 2 is 1.69 bits per heavy atom. The van der Waals surface area contributed by atoms with E-state index in [0.29, 0.717) is 32.0 Å². The van der Waals surface area contributed by atoms with Crippen molar-refractivity contribution in [1.29, 1.82) is 0 Å². The van der Waals surface area contributed by atoms with E-state index >= 15 is 0 Å². The molecule has 0 unspecified atom stereocenters. The minimum absolute atomic E-state index is 0.00701. The Labute approximate surface area is 150 Å². The van der Waals surface area contributed by atoms with Gasteiger partial charge in [-0.2, -0.15) is 5.10 Å². The molecule has 0 spiro atoms. The second-order valence-electron chi connectivity index (χ2n) is 6.41. The zero-order valence-electron chi connectivity index (χ0n) is 15.2. The largest absolute Gasteiger partial charge is 0.339 e. The SMILES string of the molecule is CC(=O)N1CCN(C(=O)Cn2nc(-n3nc(C)cc3C)ccc2=O)CC1. The quantitative estimate of drug-likeness (QED) is 0.753. The van der Waals surface area contributed by atoms with E-state index in [4.69, 9.17) is 0 Å². The lowest BCUT2D eigenvalue weighted by atomic mass is 10.3. The molecule has 138 valence electrons. The standard InChI is InChI=1S/C17H22N6O3/c1-12-10-13(2)23(18-12)15-4-5-16(25)22(19-15)11-17(26)21-8-6-20(7-9-21)14(3)24/h4-5,10H,6-9,11H2,1-3H3. The van der Waals surface area contributed by atoms with E-state index in [1.807, 2.05) is 19.9 Å². The molecule has 0 saturated carbocycles. The predicted octanol–water partition coefficient (Wildman–Crippen LogP) is -0.263. The molecule has 0 aromatic carbocycles. The monoisotopic (exact) mass is 358 g/mol. The van der Waals surface area contributed by atoms with Gasteiger partial charge in [0.2, 0.25) is 11.8 Å². The molecule has 3 rings (SSSR count). The second-order valence-corrected chi connectivity index (χ2v) is 6.41. The molecule has 3 heterocycles. The molecule has 1 aliphatic rings. The highest BCUT2D eigenvalue weighted by Crippen LogP contribution is 2.08. The zero-order chi connectivity index (χ0) is 18.8. The van der Waals surface area contributed by atoms with Gasteiger partial charge in [0.25, 0.3) is 5.56 Å². The van der Waals surface area contributed by atoms with Crippen LogP contribution in [-0.4, -0.2) is 67.4 Å². The van der Waals surface area contributed by atoms with Gasteiger partial charge >= 0.3 is 0 Å². The van der Waals surface area contributed by atoms with Crippen LogP contribution < -0.4 is 5.56 Å². The van der Waals surface area contributed by atoms with Gasteiger partial charge in [0.05, 0.1) is 5.69 Å². The van der Waals surface area contributed by atoms with E-state index in [2.05, 4.69) is 10.2 Å². The Morgan fingerprint density at radius 1 is 1.04 bits per heavy atom. The van der Waals surface area contributed by atoms with Crippen molar-refractivity contribution in [3.63, 3.8) is 0 Å². The summed E-state index contributed by atoms with van der Waals surface area (Å²) < 4.78 is 2.80. The van der Waals surface area contributed by atoms with Gasteiger partial charge in [-0.25, -0.2) is 9.36 Å². The van der Waals surface area contributed by atoms with E-state index in [9.17, 15) is 14.4 Å². The van der Waals surface area contributed by atoms with Gasteiger partial charge in [-0.1, -0.05) is 0 Å². The third kappa shape index (κ3) is 3.66. The van der Waals surface area contributed by atoms with Crippen LogP contribution in [0.2, 0.25) is 0 Å². The van der Waals surface area contributed by atoms with Crippen LogP contribution in [0.4, 0.5) is 0 Å². The topological polar surface area (TPSA) is 93.3 Å². The molecule has 0 aliphatic carbocycles. The summed E-state index contributed by atoms with van der Waals surface area (Å²) >= 11 is 0. The average Bonchev–Trinajstić information content (AvgIpc) is 2.95. The third-order valence-corrected chi connectivity index (χ3v) is 4.44. The van der Waals surface area contributed by atoms with Gasteiger partial charge in [0, 0.05) is 44.9 Å². The van der Waals surface area contributed by atoms with Gasteiger partial charge in [-0.3, -0.25) is 14.4 Å². The van der Waals surface area contributed by atoms with Crippen LogP contribution in [0.3, 0.4) is 0 Å².